The summed E-state index contributed by atoms with van der Waals surface area (Å²) >= 11 is 0. The van der Waals surface area contributed by atoms with Crippen molar-refractivity contribution in [1.29, 1.82) is 0 Å². The summed E-state index contributed by atoms with van der Waals surface area (Å²) in [5.41, 5.74) is 0. The Bertz CT molecular complexity index is 254. The van der Waals surface area contributed by atoms with Crippen LogP contribution in [0.1, 0.15) is 13.8 Å². The Morgan fingerprint density at radius 1 is 1.25 bits per heavy atom. The molecule has 0 bridgehead atoms. The summed E-state index contributed by atoms with van der Waals surface area (Å²) in [6.07, 6.45) is -4.00. The van der Waals surface area contributed by atoms with Crippen LogP contribution in [0.5, 0.6) is 0 Å². The first-order chi connectivity index (χ1) is 7.44. The quantitative estimate of drug-likeness (QED) is 0.620. The molecule has 0 spiro atoms. The van der Waals surface area contributed by atoms with E-state index in [-0.39, 0.29) is 0 Å². The van der Waals surface area contributed by atoms with Crippen molar-refractivity contribution < 1.29 is 29.2 Å². The molecule has 0 aromatic heterocycles. The van der Waals surface area contributed by atoms with Gasteiger partial charge in [0.15, 0.2) is 12.1 Å². The van der Waals surface area contributed by atoms with Crippen LogP contribution in [0.25, 0.3) is 0 Å². The van der Waals surface area contributed by atoms with E-state index in [4.69, 9.17) is 18.9 Å². The lowest BCUT2D eigenvalue weighted by atomic mass is 9.97. The zero-order chi connectivity index (χ0) is 11.9. The van der Waals surface area contributed by atoms with Crippen LogP contribution in [-0.2, 0) is 18.9 Å². The fourth-order valence-electron chi connectivity index (χ4n) is 2.02. The van der Waals surface area contributed by atoms with E-state index in [0.29, 0.717) is 6.61 Å². The van der Waals surface area contributed by atoms with Crippen molar-refractivity contribution in [2.45, 2.75) is 50.3 Å². The number of aliphatic hydroxyl groups excluding tert-OH is 2. The van der Waals surface area contributed by atoms with E-state index < -0.39 is 36.5 Å². The van der Waals surface area contributed by atoms with Crippen LogP contribution in [0.4, 0.5) is 0 Å². The Kier molecular flexibility index (Phi) is 3.22. The van der Waals surface area contributed by atoms with Gasteiger partial charge in [-0.25, -0.2) is 0 Å². The molecular weight excluding hydrogens is 216 g/mol. The molecule has 0 saturated carbocycles. The molecule has 5 unspecified atom stereocenters. The monoisotopic (exact) mass is 234 g/mol. The molecule has 0 aromatic carbocycles. The SMILES string of the molecule is COC1OC2COC(C)(C)OC2C(O)C1O. The van der Waals surface area contributed by atoms with Crippen LogP contribution in [0, 0.1) is 0 Å². The van der Waals surface area contributed by atoms with Gasteiger partial charge in [-0.15, -0.1) is 0 Å². The van der Waals surface area contributed by atoms with Crippen molar-refractivity contribution in [2.75, 3.05) is 13.7 Å². The van der Waals surface area contributed by atoms with Gasteiger partial charge >= 0.3 is 0 Å². The molecule has 94 valence electrons. The number of methoxy groups -OCH3 is 1. The van der Waals surface area contributed by atoms with Crippen LogP contribution < -0.4 is 0 Å². The van der Waals surface area contributed by atoms with E-state index in [2.05, 4.69) is 0 Å². The van der Waals surface area contributed by atoms with Gasteiger partial charge < -0.3 is 29.2 Å². The Labute approximate surface area is 94.1 Å². The number of rotatable bonds is 1. The molecule has 0 amide bonds. The normalized spacial score (nSPS) is 47.4. The third-order valence-corrected chi connectivity index (χ3v) is 2.89. The number of ether oxygens (including phenoxy) is 4. The highest BCUT2D eigenvalue weighted by Crippen LogP contribution is 2.32. The van der Waals surface area contributed by atoms with Gasteiger partial charge in [0, 0.05) is 7.11 Å². The Hall–Kier alpha value is -0.240. The molecular formula is C10H18O6. The number of hydrogen-bond donors (Lipinski definition) is 2. The Morgan fingerprint density at radius 2 is 1.94 bits per heavy atom. The van der Waals surface area contributed by atoms with Gasteiger partial charge in [0.05, 0.1) is 6.61 Å². The first-order valence-electron chi connectivity index (χ1n) is 5.31. The molecule has 2 heterocycles. The second-order valence-electron chi connectivity index (χ2n) is 4.55. The van der Waals surface area contributed by atoms with Gasteiger partial charge in [-0.2, -0.15) is 0 Å². The molecule has 2 saturated heterocycles. The molecule has 2 aliphatic heterocycles. The molecule has 2 aliphatic rings. The lowest BCUT2D eigenvalue weighted by molar-refractivity contribution is -0.379. The third-order valence-electron chi connectivity index (χ3n) is 2.89. The molecule has 6 nitrogen and oxygen atoms in total. The van der Waals surface area contributed by atoms with Crippen molar-refractivity contribution in [3.8, 4) is 0 Å². The second kappa shape index (κ2) is 4.21. The van der Waals surface area contributed by atoms with Gasteiger partial charge in [-0.05, 0) is 13.8 Å². The third kappa shape index (κ3) is 2.09. The van der Waals surface area contributed by atoms with Gasteiger partial charge in [-0.3, -0.25) is 0 Å². The Balaban J connectivity index is 2.11. The molecule has 0 radical (unpaired) electrons. The highest BCUT2D eigenvalue weighted by molar-refractivity contribution is 4.93. The minimum absolute atomic E-state index is 0.307. The molecule has 16 heavy (non-hydrogen) atoms. The van der Waals surface area contributed by atoms with Crippen LogP contribution in [-0.4, -0.2) is 60.4 Å². The highest BCUT2D eigenvalue weighted by Gasteiger charge is 2.50. The summed E-state index contributed by atoms with van der Waals surface area (Å²) in [5.74, 6) is -0.773. The van der Waals surface area contributed by atoms with Crippen molar-refractivity contribution in [2.24, 2.45) is 0 Å². The number of aliphatic hydroxyl groups is 2. The second-order valence-corrected chi connectivity index (χ2v) is 4.55. The predicted molar refractivity (Wildman–Crippen MR) is 52.6 cm³/mol. The first kappa shape index (κ1) is 12.2. The van der Waals surface area contributed by atoms with E-state index in [1.165, 1.54) is 7.11 Å². The van der Waals surface area contributed by atoms with E-state index in [1.807, 2.05) is 0 Å². The van der Waals surface area contributed by atoms with Crippen molar-refractivity contribution in [1.82, 2.24) is 0 Å². The minimum atomic E-state index is -1.11. The van der Waals surface area contributed by atoms with E-state index in [9.17, 15) is 10.2 Å². The zero-order valence-electron chi connectivity index (χ0n) is 9.62. The minimum Gasteiger partial charge on any atom is -0.387 e. The van der Waals surface area contributed by atoms with Crippen LogP contribution in [0.3, 0.4) is 0 Å². The molecule has 5 atom stereocenters. The van der Waals surface area contributed by atoms with E-state index in [0.717, 1.165) is 0 Å². The zero-order valence-corrected chi connectivity index (χ0v) is 9.62. The molecule has 2 N–H and O–H groups in total. The number of fused-ring (bicyclic) bond motifs is 1. The van der Waals surface area contributed by atoms with Gasteiger partial charge in [0.2, 0.25) is 0 Å². The highest BCUT2D eigenvalue weighted by atomic mass is 16.8. The first-order valence-corrected chi connectivity index (χ1v) is 5.31. The van der Waals surface area contributed by atoms with Crippen LogP contribution >= 0.6 is 0 Å². The van der Waals surface area contributed by atoms with Crippen LogP contribution in [0.15, 0.2) is 0 Å². The molecule has 2 rings (SSSR count). The molecule has 0 aliphatic carbocycles. The fourth-order valence-corrected chi connectivity index (χ4v) is 2.02. The number of hydrogen-bond acceptors (Lipinski definition) is 6. The lowest BCUT2D eigenvalue weighted by Crippen LogP contribution is -2.64. The van der Waals surface area contributed by atoms with Crippen molar-refractivity contribution in [3.05, 3.63) is 0 Å². The maximum Gasteiger partial charge on any atom is 0.186 e. The summed E-state index contributed by atoms with van der Waals surface area (Å²) in [6, 6.07) is 0. The van der Waals surface area contributed by atoms with Crippen molar-refractivity contribution >= 4 is 0 Å². The topological polar surface area (TPSA) is 77.4 Å². The Morgan fingerprint density at radius 3 is 2.56 bits per heavy atom. The predicted octanol–water partition coefficient (Wildman–Crippen LogP) is -0.769. The average Bonchev–Trinajstić information content (AvgIpc) is 2.23. The maximum atomic E-state index is 9.92. The smallest absolute Gasteiger partial charge is 0.186 e. The standard InChI is InChI=1S/C10H18O6/c1-10(2)14-4-5-8(16-10)6(11)7(12)9(13-3)15-5/h5-9,11-12H,4H2,1-3H3. The van der Waals surface area contributed by atoms with Crippen LogP contribution in [0.2, 0.25) is 0 Å². The average molecular weight is 234 g/mol. The van der Waals surface area contributed by atoms with E-state index >= 15 is 0 Å². The molecule has 2 fully saturated rings. The van der Waals surface area contributed by atoms with E-state index in [1.54, 1.807) is 13.8 Å². The lowest BCUT2D eigenvalue weighted by Gasteiger charge is -2.48. The summed E-state index contributed by atoms with van der Waals surface area (Å²) < 4.78 is 21.3. The summed E-state index contributed by atoms with van der Waals surface area (Å²) in [6.45, 7) is 3.82. The van der Waals surface area contributed by atoms with Gasteiger partial charge in [0.25, 0.3) is 0 Å². The fraction of sp³-hybridized carbons (Fsp3) is 1.00. The van der Waals surface area contributed by atoms with Gasteiger partial charge in [0.1, 0.15) is 24.4 Å². The van der Waals surface area contributed by atoms with Gasteiger partial charge in [-0.1, -0.05) is 0 Å². The summed E-state index contributed by atoms with van der Waals surface area (Å²) in [7, 11) is 1.41. The summed E-state index contributed by atoms with van der Waals surface area (Å²) in [4.78, 5) is 0. The molecule has 0 aromatic rings. The molecule has 6 heteroatoms. The van der Waals surface area contributed by atoms with Crippen molar-refractivity contribution in [3.63, 3.8) is 0 Å². The maximum absolute atomic E-state index is 9.92. The summed E-state index contributed by atoms with van der Waals surface area (Å²) in [5, 5.41) is 19.6. The largest absolute Gasteiger partial charge is 0.387 e.